The molecule has 0 aromatic heterocycles. The molecule has 4 fully saturated rings. The summed E-state index contributed by atoms with van der Waals surface area (Å²) in [5, 5.41) is 0. The molecule has 0 aromatic carbocycles. The van der Waals surface area contributed by atoms with Gasteiger partial charge in [-0.3, -0.25) is 9.59 Å². The highest BCUT2D eigenvalue weighted by atomic mass is 35.5. The maximum absolute atomic E-state index is 13.0. The van der Waals surface area contributed by atoms with E-state index in [2.05, 4.69) is 0 Å². The number of thioether (sulfide) groups is 1. The molecule has 4 aliphatic rings. The lowest BCUT2D eigenvalue weighted by Crippen LogP contribution is -2.49. The summed E-state index contributed by atoms with van der Waals surface area (Å²) < 4.78 is 6.20. The van der Waals surface area contributed by atoms with Crippen LogP contribution >= 0.6 is 24.2 Å². The fourth-order valence-electron chi connectivity index (χ4n) is 4.66. The lowest BCUT2D eigenvalue weighted by atomic mass is 9.72. The van der Waals surface area contributed by atoms with Crippen molar-refractivity contribution in [2.75, 3.05) is 44.2 Å². The van der Waals surface area contributed by atoms with Crippen molar-refractivity contribution in [2.45, 2.75) is 24.5 Å². The molecule has 0 unspecified atom stereocenters. The van der Waals surface area contributed by atoms with Crippen molar-refractivity contribution in [3.8, 4) is 0 Å². The van der Waals surface area contributed by atoms with Crippen LogP contribution in [0.1, 0.15) is 12.8 Å². The molecule has 0 aliphatic carbocycles. The number of hydrogen-bond donors (Lipinski definition) is 1. The van der Waals surface area contributed by atoms with Crippen LogP contribution in [-0.4, -0.2) is 77.5 Å². The molecule has 2 amide bonds. The summed E-state index contributed by atoms with van der Waals surface area (Å²) in [5.74, 6) is 1.66. The standard InChI is InChI=1S/C15H23N3O3S.ClH/c16-3-4-18-9-15-2-1-10(21-15)11(12(15)14(18)20)13(19)17-5-7-22-8-6-17;/h10-12H,1-9,16H2;1H/t10-,11-,12+,15-;/m0./s1. The number of halogens is 1. The molecule has 6 nitrogen and oxygen atoms in total. The van der Waals surface area contributed by atoms with Crippen LogP contribution < -0.4 is 5.73 Å². The molecule has 2 bridgehead atoms. The zero-order valence-electron chi connectivity index (χ0n) is 13.1. The molecule has 23 heavy (non-hydrogen) atoms. The number of carbonyl (C=O) groups excluding carboxylic acids is 2. The Morgan fingerprint density at radius 3 is 2.83 bits per heavy atom. The van der Waals surface area contributed by atoms with E-state index < -0.39 is 5.60 Å². The average molecular weight is 362 g/mol. The van der Waals surface area contributed by atoms with E-state index in [1.807, 2.05) is 16.7 Å². The van der Waals surface area contributed by atoms with Crippen LogP contribution in [-0.2, 0) is 14.3 Å². The number of fused-ring (bicyclic) bond motifs is 1. The monoisotopic (exact) mass is 361 g/mol. The average Bonchev–Trinajstić information content (AvgIpc) is 3.17. The molecule has 0 aromatic rings. The van der Waals surface area contributed by atoms with E-state index in [0.717, 1.165) is 37.4 Å². The summed E-state index contributed by atoms with van der Waals surface area (Å²) in [7, 11) is 0. The van der Waals surface area contributed by atoms with E-state index in [-0.39, 0.29) is 42.2 Å². The fourth-order valence-corrected chi connectivity index (χ4v) is 5.56. The van der Waals surface area contributed by atoms with Crippen LogP contribution in [0.3, 0.4) is 0 Å². The van der Waals surface area contributed by atoms with Crippen LogP contribution in [0.2, 0.25) is 0 Å². The molecule has 4 heterocycles. The number of nitrogens with two attached hydrogens (primary N) is 1. The SMILES string of the molecule is Cl.NCCN1C[C@]23CC[C@H](O2)[C@H](C(=O)N2CCSCC2)[C@@H]3C1=O. The van der Waals surface area contributed by atoms with Gasteiger partial charge in [0.05, 0.1) is 30.1 Å². The van der Waals surface area contributed by atoms with Crippen molar-refractivity contribution < 1.29 is 14.3 Å². The molecule has 4 saturated heterocycles. The van der Waals surface area contributed by atoms with Gasteiger partial charge in [0.25, 0.3) is 0 Å². The van der Waals surface area contributed by atoms with Crippen molar-refractivity contribution in [3.05, 3.63) is 0 Å². The minimum Gasteiger partial charge on any atom is -0.368 e. The largest absolute Gasteiger partial charge is 0.368 e. The van der Waals surface area contributed by atoms with Gasteiger partial charge in [0.2, 0.25) is 11.8 Å². The van der Waals surface area contributed by atoms with Gasteiger partial charge in [-0.05, 0) is 12.8 Å². The normalized spacial score (nSPS) is 38.7. The minimum atomic E-state index is -0.415. The van der Waals surface area contributed by atoms with Crippen molar-refractivity contribution in [1.29, 1.82) is 0 Å². The van der Waals surface area contributed by atoms with Gasteiger partial charge in [0, 0.05) is 37.7 Å². The van der Waals surface area contributed by atoms with E-state index in [4.69, 9.17) is 10.5 Å². The first-order valence-electron chi connectivity index (χ1n) is 8.19. The highest BCUT2D eigenvalue weighted by molar-refractivity contribution is 7.99. The smallest absolute Gasteiger partial charge is 0.229 e. The third kappa shape index (κ3) is 2.56. The second kappa shape index (κ2) is 6.43. The molecule has 4 aliphatic heterocycles. The summed E-state index contributed by atoms with van der Waals surface area (Å²) in [4.78, 5) is 29.5. The first-order chi connectivity index (χ1) is 10.7. The van der Waals surface area contributed by atoms with E-state index in [0.29, 0.717) is 19.6 Å². The summed E-state index contributed by atoms with van der Waals surface area (Å²) in [6.07, 6.45) is 1.74. The van der Waals surface area contributed by atoms with Gasteiger partial charge >= 0.3 is 0 Å². The Morgan fingerprint density at radius 1 is 1.39 bits per heavy atom. The van der Waals surface area contributed by atoms with Crippen molar-refractivity contribution in [2.24, 2.45) is 17.6 Å². The quantitative estimate of drug-likeness (QED) is 0.762. The van der Waals surface area contributed by atoms with Gasteiger partial charge in [-0.25, -0.2) is 0 Å². The summed E-state index contributed by atoms with van der Waals surface area (Å²) >= 11 is 1.89. The van der Waals surface area contributed by atoms with E-state index in [9.17, 15) is 9.59 Å². The molecule has 2 N–H and O–H groups in total. The molecule has 8 heteroatoms. The van der Waals surface area contributed by atoms with E-state index in [1.54, 1.807) is 4.90 Å². The first-order valence-corrected chi connectivity index (χ1v) is 9.35. The number of hydrogen-bond acceptors (Lipinski definition) is 5. The number of amides is 2. The van der Waals surface area contributed by atoms with Gasteiger partial charge in [-0.15, -0.1) is 12.4 Å². The van der Waals surface area contributed by atoms with Crippen LogP contribution in [0.5, 0.6) is 0 Å². The Morgan fingerprint density at radius 2 is 2.13 bits per heavy atom. The second-order valence-corrected chi connectivity index (χ2v) is 7.97. The highest BCUT2D eigenvalue weighted by Gasteiger charge is 2.69. The highest BCUT2D eigenvalue weighted by Crippen LogP contribution is 2.55. The number of rotatable bonds is 3. The molecule has 0 saturated carbocycles. The predicted octanol–water partition coefficient (Wildman–Crippen LogP) is -0.0517. The Labute approximate surface area is 146 Å². The molecule has 4 atom stereocenters. The van der Waals surface area contributed by atoms with Gasteiger partial charge in [-0.2, -0.15) is 11.8 Å². The Kier molecular flexibility index (Phi) is 4.84. The number of likely N-dealkylation sites (tertiary alicyclic amines) is 1. The third-order valence-electron chi connectivity index (χ3n) is 5.61. The summed E-state index contributed by atoms with van der Waals surface area (Å²) in [5.41, 5.74) is 5.20. The lowest BCUT2D eigenvalue weighted by Gasteiger charge is -2.33. The maximum Gasteiger partial charge on any atom is 0.229 e. The Hall–Kier alpha value is -0.500. The number of ether oxygens (including phenoxy) is 1. The van der Waals surface area contributed by atoms with Crippen LogP contribution in [0.15, 0.2) is 0 Å². The van der Waals surface area contributed by atoms with Crippen LogP contribution in [0.4, 0.5) is 0 Å². The Bertz CT molecular complexity index is 502. The molecular weight excluding hydrogens is 338 g/mol. The third-order valence-corrected chi connectivity index (χ3v) is 6.55. The zero-order chi connectivity index (χ0) is 15.3. The Balaban J connectivity index is 0.00000156. The van der Waals surface area contributed by atoms with Gasteiger partial charge < -0.3 is 20.3 Å². The van der Waals surface area contributed by atoms with Gasteiger partial charge in [0.15, 0.2) is 0 Å². The maximum atomic E-state index is 13.0. The molecule has 1 spiro atoms. The van der Waals surface area contributed by atoms with Crippen molar-refractivity contribution >= 4 is 36.0 Å². The van der Waals surface area contributed by atoms with Crippen LogP contribution in [0.25, 0.3) is 0 Å². The van der Waals surface area contributed by atoms with Gasteiger partial charge in [-0.1, -0.05) is 0 Å². The van der Waals surface area contributed by atoms with Crippen molar-refractivity contribution in [3.63, 3.8) is 0 Å². The second-order valence-electron chi connectivity index (χ2n) is 6.75. The van der Waals surface area contributed by atoms with Crippen molar-refractivity contribution in [1.82, 2.24) is 9.80 Å². The predicted molar refractivity (Wildman–Crippen MR) is 90.6 cm³/mol. The summed E-state index contributed by atoms with van der Waals surface area (Å²) in [6.45, 7) is 3.23. The molecule has 4 rings (SSSR count). The zero-order valence-corrected chi connectivity index (χ0v) is 14.7. The van der Waals surface area contributed by atoms with E-state index in [1.165, 1.54) is 0 Å². The minimum absolute atomic E-state index is 0. The number of nitrogens with zero attached hydrogens (tertiary/aromatic N) is 2. The number of carbonyl (C=O) groups is 2. The van der Waals surface area contributed by atoms with Gasteiger partial charge in [0.1, 0.15) is 0 Å². The fraction of sp³-hybridized carbons (Fsp3) is 0.867. The molecular formula is C15H24ClN3O3S. The van der Waals surface area contributed by atoms with E-state index >= 15 is 0 Å². The first kappa shape index (κ1) is 17.3. The molecule has 0 radical (unpaired) electrons. The summed E-state index contributed by atoms with van der Waals surface area (Å²) in [6, 6.07) is 0. The molecule has 130 valence electrons. The topological polar surface area (TPSA) is 75.9 Å². The van der Waals surface area contributed by atoms with Crippen LogP contribution in [0, 0.1) is 11.8 Å². The lowest BCUT2D eigenvalue weighted by molar-refractivity contribution is -0.143.